The minimum Gasteiger partial charge on any atom is -0.478 e. The van der Waals surface area contributed by atoms with Gasteiger partial charge in [0, 0.05) is 17.8 Å². The minimum absolute atomic E-state index is 0.0117. The number of benzene rings is 1. The van der Waals surface area contributed by atoms with Gasteiger partial charge in [-0.1, -0.05) is 23.7 Å². The van der Waals surface area contributed by atoms with Crippen LogP contribution in [0.1, 0.15) is 27.4 Å². The maximum Gasteiger partial charge on any atom is 0.339 e. The van der Waals surface area contributed by atoms with Crippen LogP contribution in [0.3, 0.4) is 0 Å². The van der Waals surface area contributed by atoms with E-state index in [2.05, 4.69) is 9.97 Å². The molecule has 0 bridgehead atoms. The molecule has 0 aliphatic carbocycles. The van der Waals surface area contributed by atoms with Gasteiger partial charge in [0.1, 0.15) is 5.82 Å². The first-order chi connectivity index (χ1) is 11.2. The second kappa shape index (κ2) is 7.25. The number of sulfonamides is 1. The third-order valence-corrected chi connectivity index (χ3v) is 4.77. The molecule has 0 unspecified atom stereocenters. The fourth-order valence-corrected chi connectivity index (χ4v) is 2.90. The first kappa shape index (κ1) is 18.3. The molecule has 1 aromatic carbocycles. The summed E-state index contributed by atoms with van der Waals surface area (Å²) < 4.78 is 25.2. The monoisotopic (exact) mass is 369 g/mol. The molecule has 1 aromatic heterocycles. The molecule has 24 heavy (non-hydrogen) atoms. The van der Waals surface area contributed by atoms with Crippen molar-refractivity contribution in [1.29, 1.82) is 0 Å². The smallest absolute Gasteiger partial charge is 0.339 e. The summed E-state index contributed by atoms with van der Waals surface area (Å²) in [4.78, 5) is 19.0. The van der Waals surface area contributed by atoms with Crippen LogP contribution in [0.15, 0.2) is 30.5 Å². The highest BCUT2D eigenvalue weighted by molar-refractivity contribution is 7.88. The van der Waals surface area contributed by atoms with Gasteiger partial charge in [0.15, 0.2) is 0 Å². The van der Waals surface area contributed by atoms with Crippen LogP contribution < -0.4 is 0 Å². The zero-order chi connectivity index (χ0) is 17.9. The number of nitrogens with zero attached hydrogens (tertiary/aromatic N) is 3. The Morgan fingerprint density at radius 2 is 1.88 bits per heavy atom. The fourth-order valence-electron chi connectivity index (χ4n) is 2.04. The van der Waals surface area contributed by atoms with Crippen molar-refractivity contribution in [2.45, 2.75) is 20.0 Å². The van der Waals surface area contributed by atoms with Gasteiger partial charge in [-0.2, -0.15) is 4.31 Å². The number of carboxylic acids is 1. The molecule has 0 atom stereocenters. The molecule has 2 rings (SSSR count). The lowest BCUT2D eigenvalue weighted by Gasteiger charge is -2.19. The van der Waals surface area contributed by atoms with Crippen LogP contribution in [0.4, 0.5) is 0 Å². The summed E-state index contributed by atoms with van der Waals surface area (Å²) in [5, 5.41) is 9.55. The van der Waals surface area contributed by atoms with E-state index in [9.17, 15) is 13.2 Å². The first-order valence-electron chi connectivity index (χ1n) is 6.92. The van der Waals surface area contributed by atoms with Gasteiger partial charge in [0.2, 0.25) is 10.0 Å². The van der Waals surface area contributed by atoms with Crippen LogP contribution in [0.5, 0.6) is 0 Å². The van der Waals surface area contributed by atoms with Gasteiger partial charge >= 0.3 is 5.97 Å². The molecule has 0 saturated carbocycles. The second-order valence-electron chi connectivity index (χ2n) is 5.25. The number of carbonyl (C=O) groups is 1. The lowest BCUT2D eigenvalue weighted by atomic mass is 10.2. The standard InChI is InChI=1S/C15H16ClN3O4S/c1-10-13(15(20)21)7-17-14(18-10)9-19(24(2,22)23)8-11-3-5-12(16)6-4-11/h3-7H,8-9H2,1-2H3,(H,20,21). The van der Waals surface area contributed by atoms with Crippen molar-refractivity contribution in [3.8, 4) is 0 Å². The third kappa shape index (κ3) is 4.73. The maximum absolute atomic E-state index is 12.0. The van der Waals surface area contributed by atoms with Crippen LogP contribution in [0.25, 0.3) is 0 Å². The van der Waals surface area contributed by atoms with E-state index in [0.29, 0.717) is 5.02 Å². The van der Waals surface area contributed by atoms with Gasteiger partial charge < -0.3 is 5.11 Å². The predicted octanol–water partition coefficient (Wildman–Crippen LogP) is 2.10. The number of hydrogen-bond acceptors (Lipinski definition) is 5. The van der Waals surface area contributed by atoms with Gasteiger partial charge in [-0.25, -0.2) is 23.2 Å². The minimum atomic E-state index is -3.51. The molecule has 9 heteroatoms. The Morgan fingerprint density at radius 1 is 1.25 bits per heavy atom. The van der Waals surface area contributed by atoms with Gasteiger partial charge in [-0.05, 0) is 24.6 Å². The Bertz CT molecular complexity index is 854. The molecule has 0 saturated heterocycles. The Morgan fingerprint density at radius 3 is 2.38 bits per heavy atom. The number of halogens is 1. The van der Waals surface area contributed by atoms with E-state index in [1.165, 1.54) is 10.5 Å². The van der Waals surface area contributed by atoms with Gasteiger partial charge in [-0.3, -0.25) is 0 Å². The topological polar surface area (TPSA) is 100 Å². The number of rotatable bonds is 6. The molecule has 7 nitrogen and oxygen atoms in total. The molecule has 0 amide bonds. The molecule has 0 radical (unpaired) electrons. The first-order valence-corrected chi connectivity index (χ1v) is 9.15. The summed E-state index contributed by atoms with van der Waals surface area (Å²) in [6.45, 7) is 1.62. The van der Waals surface area contributed by atoms with Gasteiger partial charge in [0.25, 0.3) is 0 Å². The van der Waals surface area contributed by atoms with Gasteiger partial charge in [0.05, 0.1) is 24.1 Å². The molecule has 0 aliphatic heterocycles. The zero-order valence-electron chi connectivity index (χ0n) is 13.1. The van der Waals surface area contributed by atoms with E-state index in [4.69, 9.17) is 16.7 Å². The molecular formula is C15H16ClN3O4S. The van der Waals surface area contributed by atoms with E-state index in [0.717, 1.165) is 11.8 Å². The van der Waals surface area contributed by atoms with E-state index in [1.807, 2.05) is 0 Å². The van der Waals surface area contributed by atoms with Crippen LogP contribution in [0, 0.1) is 6.92 Å². The molecule has 0 fully saturated rings. The molecule has 0 spiro atoms. The van der Waals surface area contributed by atoms with E-state index < -0.39 is 16.0 Å². The quantitative estimate of drug-likeness (QED) is 0.836. The maximum atomic E-state index is 12.0. The van der Waals surface area contributed by atoms with Crippen molar-refractivity contribution in [1.82, 2.24) is 14.3 Å². The molecule has 1 N–H and O–H groups in total. The normalized spacial score (nSPS) is 11.7. The predicted molar refractivity (Wildman–Crippen MR) is 89.3 cm³/mol. The number of carboxylic acid groups (broad SMARTS) is 1. The Balaban J connectivity index is 2.25. The highest BCUT2D eigenvalue weighted by atomic mass is 35.5. The summed E-state index contributed by atoms with van der Waals surface area (Å²) in [6, 6.07) is 6.83. The number of aromatic carboxylic acids is 1. The average molecular weight is 370 g/mol. The summed E-state index contributed by atoms with van der Waals surface area (Å²) in [5.41, 5.74) is 1.04. The van der Waals surface area contributed by atoms with Crippen molar-refractivity contribution >= 4 is 27.6 Å². The van der Waals surface area contributed by atoms with Crippen molar-refractivity contribution in [2.24, 2.45) is 0 Å². The molecule has 2 aromatic rings. The highest BCUT2D eigenvalue weighted by Crippen LogP contribution is 2.15. The van der Waals surface area contributed by atoms with Crippen LogP contribution in [-0.2, 0) is 23.1 Å². The van der Waals surface area contributed by atoms with Gasteiger partial charge in [-0.15, -0.1) is 0 Å². The Labute approximate surface area is 145 Å². The largest absolute Gasteiger partial charge is 0.478 e. The number of hydrogen-bond donors (Lipinski definition) is 1. The van der Waals surface area contributed by atoms with Crippen LogP contribution >= 0.6 is 11.6 Å². The van der Waals surface area contributed by atoms with E-state index in [1.54, 1.807) is 31.2 Å². The van der Waals surface area contributed by atoms with Crippen molar-refractivity contribution in [3.63, 3.8) is 0 Å². The van der Waals surface area contributed by atoms with E-state index >= 15 is 0 Å². The Hall–Kier alpha value is -2.03. The highest BCUT2D eigenvalue weighted by Gasteiger charge is 2.20. The van der Waals surface area contributed by atoms with Crippen LogP contribution in [0.2, 0.25) is 5.02 Å². The van der Waals surface area contributed by atoms with Crippen molar-refractivity contribution in [2.75, 3.05) is 6.26 Å². The molecule has 0 aliphatic rings. The van der Waals surface area contributed by atoms with Crippen molar-refractivity contribution < 1.29 is 18.3 Å². The number of aryl methyl sites for hydroxylation is 1. The third-order valence-electron chi connectivity index (χ3n) is 3.32. The number of aromatic nitrogens is 2. The summed E-state index contributed by atoms with van der Waals surface area (Å²) in [7, 11) is -3.51. The van der Waals surface area contributed by atoms with Crippen LogP contribution in [-0.4, -0.2) is 40.0 Å². The molecule has 128 valence electrons. The lowest BCUT2D eigenvalue weighted by molar-refractivity contribution is 0.0695. The zero-order valence-corrected chi connectivity index (χ0v) is 14.7. The Kier molecular flexibility index (Phi) is 5.53. The lowest BCUT2D eigenvalue weighted by Crippen LogP contribution is -2.30. The fraction of sp³-hybridized carbons (Fsp3) is 0.267. The summed E-state index contributed by atoms with van der Waals surface area (Å²) in [6.07, 6.45) is 2.28. The molecule has 1 heterocycles. The van der Waals surface area contributed by atoms with E-state index in [-0.39, 0.29) is 30.2 Å². The summed E-state index contributed by atoms with van der Waals surface area (Å²) >= 11 is 5.83. The second-order valence-corrected chi connectivity index (χ2v) is 7.67. The SMILES string of the molecule is Cc1nc(CN(Cc2ccc(Cl)cc2)S(C)(=O)=O)ncc1C(=O)O. The molecular weight excluding hydrogens is 354 g/mol. The van der Waals surface area contributed by atoms with Crippen molar-refractivity contribution in [3.05, 3.63) is 58.1 Å². The average Bonchev–Trinajstić information content (AvgIpc) is 2.47. The summed E-state index contributed by atoms with van der Waals surface area (Å²) in [5.74, 6) is -0.892.